The van der Waals surface area contributed by atoms with E-state index in [2.05, 4.69) is 10.1 Å². The number of alkyl halides is 2. The summed E-state index contributed by atoms with van der Waals surface area (Å²) >= 11 is 0. The third-order valence-corrected chi connectivity index (χ3v) is 1.60. The van der Waals surface area contributed by atoms with E-state index in [0.717, 1.165) is 0 Å². The van der Waals surface area contributed by atoms with Crippen molar-refractivity contribution in [3.63, 3.8) is 0 Å². The normalized spacial score (nSPS) is 12.9. The van der Waals surface area contributed by atoms with E-state index in [-0.39, 0.29) is 18.9 Å². The van der Waals surface area contributed by atoms with Crippen LogP contribution in [0.25, 0.3) is 0 Å². The van der Waals surface area contributed by atoms with Crippen LogP contribution in [-0.2, 0) is 9.53 Å². The molecule has 0 fully saturated rings. The highest BCUT2D eigenvalue weighted by atomic mass is 19.3. The van der Waals surface area contributed by atoms with Crippen LogP contribution in [0.4, 0.5) is 8.78 Å². The Balaban J connectivity index is 3.26. The Morgan fingerprint density at radius 1 is 1.53 bits per heavy atom. The number of aliphatic hydroxyl groups is 1. The first-order valence-corrected chi connectivity index (χ1v) is 4.83. The van der Waals surface area contributed by atoms with Crippen molar-refractivity contribution >= 4 is 5.91 Å². The molecule has 0 radical (unpaired) electrons. The second kappa shape index (κ2) is 8.55. The van der Waals surface area contributed by atoms with Crippen molar-refractivity contribution in [1.82, 2.24) is 5.32 Å². The molecule has 0 aromatic heterocycles. The molecule has 15 heavy (non-hydrogen) atoms. The van der Waals surface area contributed by atoms with Gasteiger partial charge in [0.15, 0.2) is 0 Å². The van der Waals surface area contributed by atoms with Crippen LogP contribution in [0.15, 0.2) is 0 Å². The predicted octanol–water partition coefficient (Wildman–Crippen LogP) is 0.545. The smallest absolute Gasteiger partial charge is 0.261 e. The number of halogens is 2. The maximum absolute atomic E-state index is 11.6. The first-order chi connectivity index (χ1) is 7.02. The number of carbonyl (C=O) groups is 1. The molecule has 0 spiro atoms. The average Bonchev–Trinajstić information content (AvgIpc) is 2.11. The average molecular weight is 225 g/mol. The van der Waals surface area contributed by atoms with E-state index >= 15 is 0 Å². The zero-order chi connectivity index (χ0) is 11.7. The Labute approximate surface area is 87.6 Å². The summed E-state index contributed by atoms with van der Waals surface area (Å²) < 4.78 is 27.7. The van der Waals surface area contributed by atoms with Crippen molar-refractivity contribution < 1.29 is 23.4 Å². The Morgan fingerprint density at radius 3 is 2.73 bits per heavy atom. The molecule has 6 heteroatoms. The fraction of sp³-hybridized carbons (Fsp3) is 0.889. The van der Waals surface area contributed by atoms with Crippen LogP contribution in [0, 0.1) is 0 Å². The molecule has 4 nitrogen and oxygen atoms in total. The quantitative estimate of drug-likeness (QED) is 0.593. The molecule has 0 rings (SSSR count). The standard InChI is InChI=1S/C9H17F2NO3/c1-7(13)2-4-12-9(14)3-5-15-6-8(10)11/h7-8,13H,2-6H2,1H3,(H,12,14). The predicted molar refractivity (Wildman–Crippen MR) is 50.7 cm³/mol. The molecule has 0 aliphatic rings. The Bertz CT molecular complexity index is 177. The molecule has 1 unspecified atom stereocenters. The molecule has 0 aliphatic carbocycles. The van der Waals surface area contributed by atoms with Crippen LogP contribution in [0.1, 0.15) is 19.8 Å². The van der Waals surface area contributed by atoms with Gasteiger partial charge in [0, 0.05) is 13.0 Å². The van der Waals surface area contributed by atoms with Gasteiger partial charge in [-0.3, -0.25) is 4.79 Å². The van der Waals surface area contributed by atoms with Crippen LogP contribution >= 0.6 is 0 Å². The molecule has 1 amide bonds. The summed E-state index contributed by atoms with van der Waals surface area (Å²) in [4.78, 5) is 11.0. The minimum atomic E-state index is -2.50. The van der Waals surface area contributed by atoms with E-state index in [1.165, 1.54) is 0 Å². The van der Waals surface area contributed by atoms with Gasteiger partial charge >= 0.3 is 0 Å². The molecule has 0 saturated heterocycles. The Morgan fingerprint density at radius 2 is 2.20 bits per heavy atom. The third kappa shape index (κ3) is 11.2. The number of rotatable bonds is 8. The molecular weight excluding hydrogens is 208 g/mol. The number of nitrogens with one attached hydrogen (secondary N) is 1. The fourth-order valence-electron chi connectivity index (χ4n) is 0.846. The largest absolute Gasteiger partial charge is 0.393 e. The van der Waals surface area contributed by atoms with Crippen LogP contribution < -0.4 is 5.32 Å². The molecule has 0 aliphatic heterocycles. The second-order valence-corrected chi connectivity index (χ2v) is 3.20. The second-order valence-electron chi connectivity index (χ2n) is 3.20. The van der Waals surface area contributed by atoms with Gasteiger partial charge in [0.25, 0.3) is 6.43 Å². The maximum Gasteiger partial charge on any atom is 0.261 e. The molecular formula is C9H17F2NO3. The number of aliphatic hydroxyl groups excluding tert-OH is 1. The van der Waals surface area contributed by atoms with Crippen molar-refractivity contribution in [3.8, 4) is 0 Å². The van der Waals surface area contributed by atoms with Crippen molar-refractivity contribution in [3.05, 3.63) is 0 Å². The number of carbonyl (C=O) groups excluding carboxylic acids is 1. The summed E-state index contributed by atoms with van der Waals surface area (Å²) in [6.45, 7) is 1.36. The van der Waals surface area contributed by atoms with Crippen LogP contribution in [-0.4, -0.2) is 43.3 Å². The summed E-state index contributed by atoms with van der Waals surface area (Å²) in [7, 11) is 0. The third-order valence-electron chi connectivity index (χ3n) is 1.60. The van der Waals surface area contributed by atoms with Crippen molar-refractivity contribution in [2.75, 3.05) is 19.8 Å². The molecule has 0 bridgehead atoms. The van der Waals surface area contributed by atoms with Gasteiger partial charge in [-0.15, -0.1) is 0 Å². The van der Waals surface area contributed by atoms with Crippen molar-refractivity contribution in [2.24, 2.45) is 0 Å². The minimum absolute atomic E-state index is 0.00908. The van der Waals surface area contributed by atoms with E-state index in [4.69, 9.17) is 5.11 Å². The number of amides is 1. The highest BCUT2D eigenvalue weighted by Gasteiger charge is 2.04. The molecule has 2 N–H and O–H groups in total. The molecule has 0 saturated carbocycles. The summed E-state index contributed by atoms with van der Waals surface area (Å²) in [6, 6.07) is 0. The lowest BCUT2D eigenvalue weighted by Gasteiger charge is -2.07. The molecule has 0 aromatic rings. The lowest BCUT2D eigenvalue weighted by Crippen LogP contribution is -2.27. The minimum Gasteiger partial charge on any atom is -0.393 e. The van der Waals surface area contributed by atoms with Gasteiger partial charge in [-0.25, -0.2) is 8.78 Å². The lowest BCUT2D eigenvalue weighted by molar-refractivity contribution is -0.122. The van der Waals surface area contributed by atoms with Gasteiger partial charge in [0.2, 0.25) is 5.91 Å². The number of hydrogen-bond donors (Lipinski definition) is 2. The van der Waals surface area contributed by atoms with Crippen molar-refractivity contribution in [2.45, 2.75) is 32.3 Å². The lowest BCUT2D eigenvalue weighted by atomic mass is 10.3. The first kappa shape index (κ1) is 14.2. The fourth-order valence-corrected chi connectivity index (χ4v) is 0.846. The summed E-state index contributed by atoms with van der Waals surface area (Å²) in [5.74, 6) is -0.259. The van der Waals surface area contributed by atoms with E-state index in [1.54, 1.807) is 6.92 Å². The Hall–Kier alpha value is -0.750. The zero-order valence-electron chi connectivity index (χ0n) is 8.71. The highest BCUT2D eigenvalue weighted by Crippen LogP contribution is 1.93. The molecule has 0 heterocycles. The van der Waals surface area contributed by atoms with Gasteiger partial charge in [-0.2, -0.15) is 0 Å². The van der Waals surface area contributed by atoms with Gasteiger partial charge in [0.1, 0.15) is 6.61 Å². The summed E-state index contributed by atoms with van der Waals surface area (Å²) in [5.41, 5.74) is 0. The highest BCUT2D eigenvalue weighted by molar-refractivity contribution is 5.75. The Kier molecular flexibility index (Phi) is 8.12. The number of hydrogen-bond acceptors (Lipinski definition) is 3. The van der Waals surface area contributed by atoms with E-state index in [9.17, 15) is 13.6 Å². The van der Waals surface area contributed by atoms with E-state index in [0.29, 0.717) is 13.0 Å². The summed E-state index contributed by atoms with van der Waals surface area (Å²) in [5, 5.41) is 11.4. The topological polar surface area (TPSA) is 58.6 Å². The SMILES string of the molecule is CC(O)CCNC(=O)CCOCC(F)F. The van der Waals surface area contributed by atoms with Gasteiger partial charge in [-0.1, -0.05) is 0 Å². The van der Waals surface area contributed by atoms with Gasteiger partial charge < -0.3 is 15.2 Å². The maximum atomic E-state index is 11.6. The van der Waals surface area contributed by atoms with Crippen LogP contribution in [0.5, 0.6) is 0 Å². The van der Waals surface area contributed by atoms with E-state index in [1.807, 2.05) is 0 Å². The van der Waals surface area contributed by atoms with Gasteiger partial charge in [-0.05, 0) is 13.3 Å². The van der Waals surface area contributed by atoms with Crippen molar-refractivity contribution in [1.29, 1.82) is 0 Å². The number of ether oxygens (including phenoxy) is 1. The van der Waals surface area contributed by atoms with E-state index < -0.39 is 19.1 Å². The van der Waals surface area contributed by atoms with Crippen LogP contribution in [0.3, 0.4) is 0 Å². The molecule has 0 aromatic carbocycles. The molecule has 90 valence electrons. The first-order valence-electron chi connectivity index (χ1n) is 4.83. The summed E-state index contributed by atoms with van der Waals surface area (Å²) in [6.07, 6.45) is -2.42. The zero-order valence-corrected chi connectivity index (χ0v) is 8.71. The van der Waals surface area contributed by atoms with Gasteiger partial charge in [0.05, 0.1) is 12.7 Å². The van der Waals surface area contributed by atoms with Crippen LogP contribution in [0.2, 0.25) is 0 Å². The monoisotopic (exact) mass is 225 g/mol. The molecule has 1 atom stereocenters.